The minimum atomic E-state index is -0.282. The lowest BCUT2D eigenvalue weighted by Crippen LogP contribution is -2.42. The maximum atomic E-state index is 13.6. The first-order chi connectivity index (χ1) is 14.0. The van der Waals surface area contributed by atoms with Gasteiger partial charge in [0.1, 0.15) is 23.9 Å². The molecule has 1 aromatic heterocycles. The van der Waals surface area contributed by atoms with Gasteiger partial charge in [-0.3, -0.25) is 4.79 Å². The number of carbonyl (C=O) groups excluding carboxylic acids is 1. The highest BCUT2D eigenvalue weighted by molar-refractivity contribution is 6.05. The maximum Gasteiger partial charge on any atom is 0.294 e. The van der Waals surface area contributed by atoms with Crippen molar-refractivity contribution in [3.05, 3.63) is 83.1 Å². The maximum absolute atomic E-state index is 13.6. The van der Waals surface area contributed by atoms with E-state index < -0.39 is 0 Å². The van der Waals surface area contributed by atoms with Crippen LogP contribution in [-0.2, 0) is 19.4 Å². The van der Waals surface area contributed by atoms with Gasteiger partial charge in [-0.05, 0) is 79.8 Å². The fourth-order valence-electron chi connectivity index (χ4n) is 3.69. The van der Waals surface area contributed by atoms with E-state index in [0.29, 0.717) is 5.76 Å². The molecule has 3 aromatic rings. The molecule has 0 radical (unpaired) electrons. The molecule has 2 aromatic carbocycles. The van der Waals surface area contributed by atoms with Crippen LogP contribution >= 0.6 is 0 Å². The molecular formula is C24H24FNO3. The normalized spacial score (nSPS) is 15.8. The molecular weight excluding hydrogens is 369 g/mol. The van der Waals surface area contributed by atoms with Crippen LogP contribution in [0, 0.1) is 5.82 Å². The van der Waals surface area contributed by atoms with Crippen molar-refractivity contribution >= 4 is 11.6 Å². The number of amides is 1. The van der Waals surface area contributed by atoms with Crippen molar-refractivity contribution in [1.82, 2.24) is 0 Å². The van der Waals surface area contributed by atoms with Crippen molar-refractivity contribution in [3.63, 3.8) is 0 Å². The molecule has 1 aliphatic heterocycles. The highest BCUT2D eigenvalue weighted by Crippen LogP contribution is 2.32. The van der Waals surface area contributed by atoms with Crippen molar-refractivity contribution in [2.75, 3.05) is 4.90 Å². The van der Waals surface area contributed by atoms with Crippen molar-refractivity contribution in [2.24, 2.45) is 0 Å². The molecule has 0 saturated carbocycles. The Hall–Kier alpha value is -3.08. The van der Waals surface area contributed by atoms with E-state index in [2.05, 4.69) is 6.92 Å². The van der Waals surface area contributed by atoms with Gasteiger partial charge in [-0.2, -0.15) is 0 Å². The van der Waals surface area contributed by atoms with E-state index in [9.17, 15) is 9.18 Å². The number of rotatable bonds is 5. The molecule has 0 aliphatic carbocycles. The summed E-state index contributed by atoms with van der Waals surface area (Å²) < 4.78 is 25.1. The average Bonchev–Trinajstić information content (AvgIpc) is 3.21. The minimum absolute atomic E-state index is 0.0161. The number of furan rings is 1. The third-order valence-corrected chi connectivity index (χ3v) is 5.38. The van der Waals surface area contributed by atoms with Crippen LogP contribution in [-0.4, -0.2) is 11.9 Å². The predicted molar refractivity (Wildman–Crippen MR) is 110 cm³/mol. The molecule has 1 amide bonds. The first-order valence-electron chi connectivity index (χ1n) is 9.97. The van der Waals surface area contributed by atoms with Crippen LogP contribution in [0.15, 0.2) is 59.0 Å². The molecule has 0 N–H and O–H groups in total. The summed E-state index contributed by atoms with van der Waals surface area (Å²) in [6.07, 6.45) is 2.52. The summed E-state index contributed by atoms with van der Waals surface area (Å²) in [6, 6.07) is 15.9. The summed E-state index contributed by atoms with van der Waals surface area (Å²) in [5.41, 5.74) is 2.85. The summed E-state index contributed by atoms with van der Waals surface area (Å²) in [7, 11) is 0. The molecule has 5 heteroatoms. The van der Waals surface area contributed by atoms with Gasteiger partial charge in [0.25, 0.3) is 5.91 Å². The van der Waals surface area contributed by atoms with E-state index in [1.54, 1.807) is 23.1 Å². The molecule has 0 saturated heterocycles. The first-order valence-corrected chi connectivity index (χ1v) is 9.97. The number of hydrogen-bond acceptors (Lipinski definition) is 3. The van der Waals surface area contributed by atoms with Crippen LogP contribution in [0.5, 0.6) is 5.75 Å². The fraction of sp³-hybridized carbons (Fsp3) is 0.292. The van der Waals surface area contributed by atoms with Gasteiger partial charge in [0.2, 0.25) is 0 Å². The molecule has 150 valence electrons. The highest BCUT2D eigenvalue weighted by Gasteiger charge is 2.30. The smallest absolute Gasteiger partial charge is 0.294 e. The summed E-state index contributed by atoms with van der Waals surface area (Å²) in [6.45, 7) is 4.35. The van der Waals surface area contributed by atoms with E-state index in [-0.39, 0.29) is 30.1 Å². The molecule has 0 spiro atoms. The Morgan fingerprint density at radius 3 is 2.72 bits per heavy atom. The van der Waals surface area contributed by atoms with Crippen molar-refractivity contribution in [1.29, 1.82) is 0 Å². The molecule has 0 fully saturated rings. The van der Waals surface area contributed by atoms with Crippen molar-refractivity contribution < 1.29 is 18.3 Å². The molecule has 29 heavy (non-hydrogen) atoms. The lowest BCUT2D eigenvalue weighted by molar-refractivity contribution is 0.0944. The third-order valence-electron chi connectivity index (χ3n) is 5.38. The van der Waals surface area contributed by atoms with E-state index in [1.807, 2.05) is 31.2 Å². The van der Waals surface area contributed by atoms with Gasteiger partial charge in [0.15, 0.2) is 5.76 Å². The second kappa shape index (κ2) is 8.11. The Morgan fingerprint density at radius 2 is 1.97 bits per heavy atom. The zero-order valence-corrected chi connectivity index (χ0v) is 16.7. The monoisotopic (exact) mass is 393 g/mol. The zero-order chi connectivity index (χ0) is 20.4. The van der Waals surface area contributed by atoms with E-state index in [4.69, 9.17) is 9.15 Å². The Morgan fingerprint density at radius 1 is 1.17 bits per heavy atom. The standard InChI is InChI=1S/C24H24FNO3/c1-3-17-5-9-20(10-6-17)28-15-21-11-13-23(29-21)24(27)26-16(2)4-7-18-14-19(25)8-12-22(18)26/h5-6,8-14,16H,3-4,7,15H2,1-2H3/t16-/m0/s1. The van der Waals surface area contributed by atoms with Crippen LogP contribution in [0.3, 0.4) is 0 Å². The van der Waals surface area contributed by atoms with Gasteiger partial charge in [-0.1, -0.05) is 19.1 Å². The van der Waals surface area contributed by atoms with Gasteiger partial charge in [-0.15, -0.1) is 0 Å². The van der Waals surface area contributed by atoms with Gasteiger partial charge in [0.05, 0.1) is 0 Å². The van der Waals surface area contributed by atoms with Crippen LogP contribution in [0.1, 0.15) is 47.7 Å². The Balaban J connectivity index is 1.48. The summed E-state index contributed by atoms with van der Waals surface area (Å²) in [5.74, 6) is 1.09. The quantitative estimate of drug-likeness (QED) is 0.571. The molecule has 1 atom stereocenters. The van der Waals surface area contributed by atoms with Crippen molar-refractivity contribution in [3.8, 4) is 5.75 Å². The predicted octanol–water partition coefficient (Wildman–Crippen LogP) is 5.54. The van der Waals surface area contributed by atoms with Gasteiger partial charge in [0, 0.05) is 11.7 Å². The second-order valence-corrected chi connectivity index (χ2v) is 7.39. The number of anilines is 1. The zero-order valence-electron chi connectivity index (χ0n) is 16.7. The van der Waals surface area contributed by atoms with E-state index in [0.717, 1.165) is 36.3 Å². The summed E-state index contributed by atoms with van der Waals surface area (Å²) in [5, 5.41) is 0. The SMILES string of the molecule is CCc1ccc(OCc2ccc(C(=O)N3c4ccc(F)cc4CC[C@@H]3C)o2)cc1. The van der Waals surface area contributed by atoms with E-state index in [1.165, 1.54) is 17.7 Å². The number of fused-ring (bicyclic) bond motifs is 1. The largest absolute Gasteiger partial charge is 0.486 e. The summed E-state index contributed by atoms with van der Waals surface area (Å²) >= 11 is 0. The van der Waals surface area contributed by atoms with Crippen LogP contribution in [0.25, 0.3) is 0 Å². The topological polar surface area (TPSA) is 42.7 Å². The Labute approximate surface area is 169 Å². The fourth-order valence-corrected chi connectivity index (χ4v) is 3.69. The van der Waals surface area contributed by atoms with Gasteiger partial charge < -0.3 is 14.1 Å². The minimum Gasteiger partial charge on any atom is -0.486 e. The first kappa shape index (κ1) is 19.2. The molecule has 1 aliphatic rings. The number of nitrogens with zero attached hydrogens (tertiary/aromatic N) is 1. The highest BCUT2D eigenvalue weighted by atomic mass is 19.1. The molecule has 4 nitrogen and oxygen atoms in total. The number of hydrogen-bond donors (Lipinski definition) is 0. The number of ether oxygens (including phenoxy) is 1. The van der Waals surface area contributed by atoms with Gasteiger partial charge in [-0.25, -0.2) is 4.39 Å². The number of halogens is 1. The van der Waals surface area contributed by atoms with Crippen LogP contribution in [0.2, 0.25) is 0 Å². The number of aryl methyl sites for hydroxylation is 2. The average molecular weight is 393 g/mol. The van der Waals surface area contributed by atoms with Crippen molar-refractivity contribution in [2.45, 2.75) is 45.8 Å². The third kappa shape index (κ3) is 4.04. The lowest BCUT2D eigenvalue weighted by atomic mass is 9.96. The Kier molecular flexibility index (Phi) is 5.38. The Bertz CT molecular complexity index is 1010. The lowest BCUT2D eigenvalue weighted by Gasteiger charge is -2.34. The number of benzene rings is 2. The van der Waals surface area contributed by atoms with Gasteiger partial charge >= 0.3 is 0 Å². The molecule has 2 heterocycles. The molecule has 4 rings (SSSR count). The second-order valence-electron chi connectivity index (χ2n) is 7.39. The number of carbonyl (C=O) groups is 1. The van der Waals surface area contributed by atoms with E-state index >= 15 is 0 Å². The van der Waals surface area contributed by atoms with Crippen LogP contribution in [0.4, 0.5) is 10.1 Å². The molecule has 0 unspecified atom stereocenters. The molecule has 0 bridgehead atoms. The summed E-state index contributed by atoms with van der Waals surface area (Å²) in [4.78, 5) is 14.8. The van der Waals surface area contributed by atoms with Crippen LogP contribution < -0.4 is 9.64 Å².